The predicted octanol–water partition coefficient (Wildman–Crippen LogP) is 2.76. The highest BCUT2D eigenvalue weighted by atomic mass is 35.5. The van der Waals surface area contributed by atoms with Crippen LogP contribution in [-0.2, 0) is 11.2 Å². The van der Waals surface area contributed by atoms with Gasteiger partial charge >= 0.3 is 0 Å². The Labute approximate surface area is 137 Å². The summed E-state index contributed by atoms with van der Waals surface area (Å²) in [5, 5.41) is 7.64. The Hall–Kier alpha value is -1.26. The highest BCUT2D eigenvalue weighted by molar-refractivity contribution is 6.30. The van der Waals surface area contributed by atoms with Gasteiger partial charge in [0.15, 0.2) is 5.96 Å². The van der Waals surface area contributed by atoms with Crippen molar-refractivity contribution in [1.29, 1.82) is 0 Å². The normalized spacial score (nSPS) is 27.2. The zero-order valence-corrected chi connectivity index (χ0v) is 13.8. The Morgan fingerprint density at radius 2 is 2.32 bits per heavy atom. The molecule has 0 radical (unpaired) electrons. The molecular formula is C17H24ClN3O. The lowest BCUT2D eigenvalue weighted by molar-refractivity contribution is 0.0992. The Balaban J connectivity index is 1.53. The highest BCUT2D eigenvalue weighted by Gasteiger charge is 2.41. The van der Waals surface area contributed by atoms with Crippen LogP contribution in [0.25, 0.3) is 0 Å². The van der Waals surface area contributed by atoms with Gasteiger partial charge in [0.25, 0.3) is 0 Å². The second-order valence-corrected chi connectivity index (χ2v) is 6.44. The van der Waals surface area contributed by atoms with Gasteiger partial charge in [-0.3, -0.25) is 4.99 Å². The molecule has 2 heterocycles. The van der Waals surface area contributed by atoms with Crippen molar-refractivity contribution >= 4 is 17.6 Å². The van der Waals surface area contributed by atoms with Crippen LogP contribution in [0.4, 0.5) is 0 Å². The number of ether oxygens (including phenoxy) is 1. The average molecular weight is 322 g/mol. The minimum absolute atomic E-state index is 0.363. The standard InChI is InChI=1S/C17H24ClN3O/c1-2-19-17(21-15-11-14-6-7-16(15)22-14)20-9-8-12-4-3-5-13(18)10-12/h3-5,10,14-16H,2,6-9,11H2,1H3,(H2,19,20,21). The van der Waals surface area contributed by atoms with Crippen molar-refractivity contribution in [2.45, 2.75) is 50.9 Å². The molecule has 0 aromatic heterocycles. The summed E-state index contributed by atoms with van der Waals surface area (Å²) in [7, 11) is 0. The Morgan fingerprint density at radius 1 is 1.41 bits per heavy atom. The predicted molar refractivity (Wildman–Crippen MR) is 90.6 cm³/mol. The molecule has 3 atom stereocenters. The van der Waals surface area contributed by atoms with Crippen molar-refractivity contribution in [2.75, 3.05) is 13.1 Å². The van der Waals surface area contributed by atoms with E-state index in [4.69, 9.17) is 16.3 Å². The molecule has 0 saturated carbocycles. The number of guanidine groups is 1. The van der Waals surface area contributed by atoms with E-state index in [2.05, 4.69) is 28.6 Å². The van der Waals surface area contributed by atoms with Crippen LogP contribution in [0.1, 0.15) is 31.7 Å². The van der Waals surface area contributed by atoms with E-state index in [1.807, 2.05) is 18.2 Å². The first-order valence-electron chi connectivity index (χ1n) is 8.19. The zero-order chi connectivity index (χ0) is 15.4. The van der Waals surface area contributed by atoms with Crippen molar-refractivity contribution in [3.63, 3.8) is 0 Å². The fourth-order valence-corrected chi connectivity index (χ4v) is 3.49. The number of benzene rings is 1. The monoisotopic (exact) mass is 321 g/mol. The van der Waals surface area contributed by atoms with Gasteiger partial charge in [-0.1, -0.05) is 23.7 Å². The Bertz CT molecular complexity index is 534. The number of nitrogens with one attached hydrogen (secondary N) is 2. The van der Waals surface area contributed by atoms with Crippen LogP contribution < -0.4 is 10.6 Å². The van der Waals surface area contributed by atoms with E-state index in [9.17, 15) is 0 Å². The fraction of sp³-hybridized carbons (Fsp3) is 0.588. The molecule has 2 aliphatic heterocycles. The SMILES string of the molecule is CCNC(=NCCc1cccc(Cl)c1)NC1CC2CCC1O2. The van der Waals surface area contributed by atoms with Crippen LogP contribution >= 0.6 is 11.6 Å². The average Bonchev–Trinajstić information content (AvgIpc) is 3.10. The third kappa shape index (κ3) is 3.93. The highest BCUT2D eigenvalue weighted by Crippen LogP contribution is 2.34. The minimum atomic E-state index is 0.363. The number of rotatable bonds is 5. The lowest BCUT2D eigenvalue weighted by Crippen LogP contribution is -2.47. The molecule has 120 valence electrons. The summed E-state index contributed by atoms with van der Waals surface area (Å²) in [6.07, 6.45) is 5.20. The number of nitrogens with zero attached hydrogens (tertiary/aromatic N) is 1. The molecule has 2 bridgehead atoms. The summed E-state index contributed by atoms with van der Waals surface area (Å²) in [4.78, 5) is 4.68. The summed E-state index contributed by atoms with van der Waals surface area (Å²) in [6.45, 7) is 3.70. The van der Waals surface area contributed by atoms with E-state index in [1.54, 1.807) is 0 Å². The van der Waals surface area contributed by atoms with Crippen LogP contribution in [0, 0.1) is 0 Å². The molecule has 2 N–H and O–H groups in total. The largest absolute Gasteiger partial charge is 0.373 e. The van der Waals surface area contributed by atoms with E-state index < -0.39 is 0 Å². The first-order valence-corrected chi connectivity index (χ1v) is 8.57. The van der Waals surface area contributed by atoms with Crippen molar-refractivity contribution in [2.24, 2.45) is 4.99 Å². The van der Waals surface area contributed by atoms with Crippen LogP contribution in [0.15, 0.2) is 29.3 Å². The molecule has 3 rings (SSSR count). The second-order valence-electron chi connectivity index (χ2n) is 6.00. The maximum absolute atomic E-state index is 6.01. The van der Waals surface area contributed by atoms with Gasteiger partial charge in [-0.2, -0.15) is 0 Å². The minimum Gasteiger partial charge on any atom is -0.373 e. The van der Waals surface area contributed by atoms with Gasteiger partial charge in [0.05, 0.1) is 18.2 Å². The Kier molecular flexibility index (Phi) is 5.21. The molecule has 4 nitrogen and oxygen atoms in total. The zero-order valence-electron chi connectivity index (χ0n) is 13.0. The van der Waals surface area contributed by atoms with Gasteiger partial charge in [-0.15, -0.1) is 0 Å². The molecule has 22 heavy (non-hydrogen) atoms. The van der Waals surface area contributed by atoms with Gasteiger partial charge in [0, 0.05) is 18.1 Å². The lowest BCUT2D eigenvalue weighted by Gasteiger charge is -2.22. The number of halogens is 1. The third-order valence-electron chi connectivity index (χ3n) is 4.33. The van der Waals surface area contributed by atoms with E-state index in [1.165, 1.54) is 18.4 Å². The van der Waals surface area contributed by atoms with Gasteiger partial charge in [0.1, 0.15) is 0 Å². The van der Waals surface area contributed by atoms with Gasteiger partial charge in [-0.25, -0.2) is 0 Å². The van der Waals surface area contributed by atoms with E-state index in [0.29, 0.717) is 18.2 Å². The first kappa shape index (κ1) is 15.6. The quantitative estimate of drug-likeness (QED) is 0.647. The van der Waals surface area contributed by atoms with Crippen LogP contribution in [-0.4, -0.2) is 37.3 Å². The van der Waals surface area contributed by atoms with Crippen molar-refractivity contribution in [3.8, 4) is 0 Å². The molecule has 1 aromatic rings. The summed E-state index contributed by atoms with van der Waals surface area (Å²) in [5.41, 5.74) is 1.22. The smallest absolute Gasteiger partial charge is 0.191 e. The number of fused-ring (bicyclic) bond motifs is 2. The molecule has 0 aliphatic carbocycles. The van der Waals surface area contributed by atoms with E-state index >= 15 is 0 Å². The number of aliphatic imine (C=N–C) groups is 1. The molecule has 2 aliphatic rings. The molecule has 0 spiro atoms. The van der Waals surface area contributed by atoms with Crippen molar-refractivity contribution < 1.29 is 4.74 Å². The van der Waals surface area contributed by atoms with Crippen molar-refractivity contribution in [3.05, 3.63) is 34.9 Å². The Morgan fingerprint density at radius 3 is 3.00 bits per heavy atom. The molecule has 1 aromatic carbocycles. The molecular weight excluding hydrogens is 298 g/mol. The summed E-state index contributed by atoms with van der Waals surface area (Å²) >= 11 is 6.01. The molecule has 5 heteroatoms. The van der Waals surface area contributed by atoms with Crippen molar-refractivity contribution in [1.82, 2.24) is 10.6 Å². The van der Waals surface area contributed by atoms with Crippen LogP contribution in [0.3, 0.4) is 0 Å². The summed E-state index contributed by atoms with van der Waals surface area (Å²) in [5.74, 6) is 0.894. The molecule has 3 unspecified atom stereocenters. The topological polar surface area (TPSA) is 45.7 Å². The third-order valence-corrected chi connectivity index (χ3v) is 4.57. The fourth-order valence-electron chi connectivity index (χ4n) is 3.27. The number of hydrogen-bond acceptors (Lipinski definition) is 2. The van der Waals surface area contributed by atoms with Crippen LogP contribution in [0.2, 0.25) is 5.02 Å². The lowest BCUT2D eigenvalue weighted by atomic mass is 9.96. The number of hydrogen-bond donors (Lipinski definition) is 2. The van der Waals surface area contributed by atoms with E-state index in [0.717, 1.165) is 36.9 Å². The van der Waals surface area contributed by atoms with Gasteiger partial charge < -0.3 is 15.4 Å². The maximum atomic E-state index is 6.01. The molecule has 2 saturated heterocycles. The molecule has 0 amide bonds. The molecule has 2 fully saturated rings. The van der Waals surface area contributed by atoms with Gasteiger partial charge in [-0.05, 0) is 50.3 Å². The van der Waals surface area contributed by atoms with E-state index in [-0.39, 0.29) is 0 Å². The van der Waals surface area contributed by atoms with Crippen LogP contribution in [0.5, 0.6) is 0 Å². The van der Waals surface area contributed by atoms with Gasteiger partial charge in [0.2, 0.25) is 0 Å². The first-order chi connectivity index (χ1) is 10.7. The maximum Gasteiger partial charge on any atom is 0.191 e. The summed E-state index contributed by atoms with van der Waals surface area (Å²) in [6, 6.07) is 8.38. The second kappa shape index (κ2) is 7.34. The summed E-state index contributed by atoms with van der Waals surface area (Å²) < 4.78 is 5.89.